The van der Waals surface area contributed by atoms with Gasteiger partial charge >= 0.3 is 0 Å². The molecule has 0 spiro atoms. The zero-order valence-corrected chi connectivity index (χ0v) is 13.3. The van der Waals surface area contributed by atoms with Crippen LogP contribution in [0.3, 0.4) is 0 Å². The van der Waals surface area contributed by atoms with E-state index >= 15 is 0 Å². The van der Waals surface area contributed by atoms with Crippen LogP contribution in [0.2, 0.25) is 5.02 Å². The Hall–Kier alpha value is -1.26. The first-order valence-corrected chi connectivity index (χ1v) is 7.37. The molecule has 0 bridgehead atoms. The molecule has 1 rings (SSSR count). The van der Waals surface area contributed by atoms with Gasteiger partial charge in [-0.05, 0) is 25.5 Å². The van der Waals surface area contributed by atoms with Crippen molar-refractivity contribution in [2.45, 2.75) is 20.4 Å². The van der Waals surface area contributed by atoms with Crippen LogP contribution in [0.25, 0.3) is 0 Å². The molecule has 0 amide bonds. The Kier molecular flexibility index (Phi) is 8.07. The molecule has 1 aromatic rings. The molecule has 1 aromatic carbocycles. The maximum absolute atomic E-state index is 6.19. The van der Waals surface area contributed by atoms with Gasteiger partial charge in [0, 0.05) is 31.8 Å². The Morgan fingerprint density at radius 1 is 1.35 bits per heavy atom. The zero-order chi connectivity index (χ0) is 14.8. The third kappa shape index (κ3) is 5.80. The summed E-state index contributed by atoms with van der Waals surface area (Å²) in [5.74, 6) is 0.868. The fourth-order valence-corrected chi connectivity index (χ4v) is 1.98. The van der Waals surface area contributed by atoms with Gasteiger partial charge in [0.1, 0.15) is 0 Å². The second kappa shape index (κ2) is 9.61. The summed E-state index contributed by atoms with van der Waals surface area (Å²) >= 11 is 6.19. The number of nitrogens with zero attached hydrogens (tertiary/aromatic N) is 2. The first kappa shape index (κ1) is 16.8. The van der Waals surface area contributed by atoms with Crippen molar-refractivity contribution in [2.24, 2.45) is 4.99 Å². The van der Waals surface area contributed by atoms with Crippen molar-refractivity contribution in [3.63, 3.8) is 0 Å². The minimum atomic E-state index is 0.644. The molecule has 20 heavy (non-hydrogen) atoms. The molecule has 0 saturated heterocycles. The predicted molar refractivity (Wildman–Crippen MR) is 85.4 cm³/mol. The molecule has 0 unspecified atom stereocenters. The fourth-order valence-electron chi connectivity index (χ4n) is 1.79. The lowest BCUT2D eigenvalue weighted by molar-refractivity contribution is 0.155. The Bertz CT molecular complexity index is 423. The van der Waals surface area contributed by atoms with Crippen molar-refractivity contribution in [1.82, 2.24) is 10.2 Å². The number of rotatable bonds is 7. The van der Waals surface area contributed by atoms with Crippen LogP contribution in [0.4, 0.5) is 0 Å². The lowest BCUT2D eigenvalue weighted by Gasteiger charge is -2.22. The second-order valence-electron chi connectivity index (χ2n) is 4.38. The van der Waals surface area contributed by atoms with Crippen molar-refractivity contribution < 1.29 is 4.74 Å². The number of halogens is 1. The van der Waals surface area contributed by atoms with Crippen LogP contribution in [-0.4, -0.2) is 44.2 Å². The molecule has 0 radical (unpaired) electrons. The molecule has 0 atom stereocenters. The van der Waals surface area contributed by atoms with Gasteiger partial charge in [0.25, 0.3) is 0 Å². The average Bonchev–Trinajstić information content (AvgIpc) is 2.44. The van der Waals surface area contributed by atoms with Crippen molar-refractivity contribution in [3.05, 3.63) is 34.9 Å². The lowest BCUT2D eigenvalue weighted by atomic mass is 10.2. The SMILES string of the molecule is CCNC(=NCCOCC)N(C)Cc1ccccc1Cl. The van der Waals surface area contributed by atoms with E-state index in [2.05, 4.69) is 22.1 Å². The quantitative estimate of drug-likeness (QED) is 0.478. The van der Waals surface area contributed by atoms with Crippen LogP contribution in [-0.2, 0) is 11.3 Å². The van der Waals surface area contributed by atoms with Crippen LogP contribution >= 0.6 is 11.6 Å². The fraction of sp³-hybridized carbons (Fsp3) is 0.533. The van der Waals surface area contributed by atoms with E-state index in [4.69, 9.17) is 16.3 Å². The largest absolute Gasteiger partial charge is 0.380 e. The summed E-state index contributed by atoms with van der Waals surface area (Å²) in [6.07, 6.45) is 0. The summed E-state index contributed by atoms with van der Waals surface area (Å²) in [4.78, 5) is 6.61. The van der Waals surface area contributed by atoms with Crippen molar-refractivity contribution in [1.29, 1.82) is 0 Å². The molecule has 0 aliphatic carbocycles. The number of hydrogen-bond donors (Lipinski definition) is 1. The van der Waals surface area contributed by atoms with Gasteiger partial charge < -0.3 is 15.0 Å². The van der Waals surface area contributed by atoms with E-state index < -0.39 is 0 Å². The van der Waals surface area contributed by atoms with Crippen molar-refractivity contribution >= 4 is 17.6 Å². The standard InChI is InChI=1S/C15H24ClN3O/c1-4-17-15(18-10-11-20-5-2)19(3)12-13-8-6-7-9-14(13)16/h6-9H,4-5,10-12H2,1-3H3,(H,17,18). The third-order valence-electron chi connectivity index (χ3n) is 2.76. The van der Waals surface area contributed by atoms with Crippen LogP contribution in [0, 0.1) is 0 Å². The van der Waals surface area contributed by atoms with E-state index in [0.29, 0.717) is 13.2 Å². The maximum Gasteiger partial charge on any atom is 0.194 e. The zero-order valence-electron chi connectivity index (χ0n) is 12.5. The molecule has 112 valence electrons. The summed E-state index contributed by atoms with van der Waals surface area (Å²) in [5, 5.41) is 4.06. The molecule has 0 aliphatic heterocycles. The van der Waals surface area contributed by atoms with Gasteiger partial charge in [0.15, 0.2) is 5.96 Å². The number of nitrogens with one attached hydrogen (secondary N) is 1. The molecular weight excluding hydrogens is 274 g/mol. The topological polar surface area (TPSA) is 36.9 Å². The second-order valence-corrected chi connectivity index (χ2v) is 4.79. The van der Waals surface area contributed by atoms with Crippen LogP contribution in [0.15, 0.2) is 29.3 Å². The van der Waals surface area contributed by atoms with Crippen LogP contribution < -0.4 is 5.32 Å². The Balaban J connectivity index is 2.63. The Morgan fingerprint density at radius 2 is 2.10 bits per heavy atom. The highest BCUT2D eigenvalue weighted by atomic mass is 35.5. The van der Waals surface area contributed by atoms with E-state index in [1.807, 2.05) is 38.2 Å². The van der Waals surface area contributed by atoms with Gasteiger partial charge in [-0.15, -0.1) is 0 Å². The minimum Gasteiger partial charge on any atom is -0.380 e. The first-order chi connectivity index (χ1) is 9.69. The summed E-state index contributed by atoms with van der Waals surface area (Å²) < 4.78 is 5.30. The normalized spacial score (nSPS) is 11.5. The molecule has 4 nitrogen and oxygen atoms in total. The summed E-state index contributed by atoms with van der Waals surface area (Å²) in [6.45, 7) is 7.62. The van der Waals surface area contributed by atoms with E-state index in [-0.39, 0.29) is 0 Å². The number of benzene rings is 1. The maximum atomic E-state index is 6.19. The van der Waals surface area contributed by atoms with Crippen molar-refractivity contribution in [2.75, 3.05) is 33.4 Å². The molecule has 5 heteroatoms. The van der Waals surface area contributed by atoms with Crippen molar-refractivity contribution in [3.8, 4) is 0 Å². The highest BCUT2D eigenvalue weighted by Gasteiger charge is 2.08. The smallest absolute Gasteiger partial charge is 0.194 e. The van der Waals surface area contributed by atoms with Gasteiger partial charge in [-0.1, -0.05) is 29.8 Å². The highest BCUT2D eigenvalue weighted by Crippen LogP contribution is 2.16. The molecule has 0 saturated carbocycles. The predicted octanol–water partition coefficient (Wildman–Crippen LogP) is 2.77. The van der Waals surface area contributed by atoms with Crippen LogP contribution in [0.1, 0.15) is 19.4 Å². The highest BCUT2D eigenvalue weighted by molar-refractivity contribution is 6.31. The molecule has 0 aromatic heterocycles. The van der Waals surface area contributed by atoms with E-state index in [9.17, 15) is 0 Å². The van der Waals surface area contributed by atoms with Gasteiger partial charge in [0.2, 0.25) is 0 Å². The summed E-state index contributed by atoms with van der Waals surface area (Å²) in [7, 11) is 2.01. The molecular formula is C15H24ClN3O. The third-order valence-corrected chi connectivity index (χ3v) is 3.13. The Labute approximate surface area is 126 Å². The lowest BCUT2D eigenvalue weighted by Crippen LogP contribution is -2.38. The number of ether oxygens (including phenoxy) is 1. The molecule has 0 aliphatic rings. The van der Waals surface area contributed by atoms with E-state index in [0.717, 1.165) is 36.2 Å². The number of guanidine groups is 1. The molecule has 1 N–H and O–H groups in total. The Morgan fingerprint density at radius 3 is 2.75 bits per heavy atom. The summed E-state index contributed by atoms with van der Waals surface area (Å²) in [6, 6.07) is 7.87. The van der Waals surface area contributed by atoms with Gasteiger partial charge in [-0.3, -0.25) is 4.99 Å². The first-order valence-electron chi connectivity index (χ1n) is 6.99. The molecule has 0 fully saturated rings. The van der Waals surface area contributed by atoms with Gasteiger partial charge in [-0.25, -0.2) is 0 Å². The number of aliphatic imine (C=N–C) groups is 1. The summed E-state index contributed by atoms with van der Waals surface area (Å²) in [5.41, 5.74) is 1.09. The monoisotopic (exact) mass is 297 g/mol. The minimum absolute atomic E-state index is 0.644. The van der Waals surface area contributed by atoms with E-state index in [1.165, 1.54) is 0 Å². The van der Waals surface area contributed by atoms with E-state index in [1.54, 1.807) is 0 Å². The van der Waals surface area contributed by atoms with Gasteiger partial charge in [-0.2, -0.15) is 0 Å². The molecule has 0 heterocycles. The van der Waals surface area contributed by atoms with Gasteiger partial charge in [0.05, 0.1) is 13.2 Å². The number of hydrogen-bond acceptors (Lipinski definition) is 2. The average molecular weight is 298 g/mol. The van der Waals surface area contributed by atoms with Crippen LogP contribution in [0.5, 0.6) is 0 Å².